The zero-order chi connectivity index (χ0) is 17.6. The van der Waals surface area contributed by atoms with Crippen LogP contribution in [0, 0.1) is 0 Å². The highest BCUT2D eigenvalue weighted by atomic mass is 79.9. The molecule has 3 heterocycles. The molecule has 3 aromatic rings. The summed E-state index contributed by atoms with van der Waals surface area (Å²) in [7, 11) is 0. The number of fused-ring (bicyclic) bond motifs is 1. The first-order valence-corrected chi connectivity index (χ1v) is 10.5. The molecule has 0 saturated carbocycles. The lowest BCUT2D eigenvalue weighted by molar-refractivity contribution is 0.590. The van der Waals surface area contributed by atoms with Crippen LogP contribution in [0.4, 0.5) is 0 Å². The van der Waals surface area contributed by atoms with Gasteiger partial charge in [0.05, 0.1) is 14.4 Å². The molecule has 0 amide bonds. The molecule has 0 unspecified atom stereocenters. The number of rotatable bonds is 2. The van der Waals surface area contributed by atoms with Crippen LogP contribution in [0.2, 0.25) is 0 Å². The van der Waals surface area contributed by atoms with Gasteiger partial charge in [-0.15, -0.1) is 21.5 Å². The summed E-state index contributed by atoms with van der Waals surface area (Å²) in [6.07, 6.45) is 0. The second kappa shape index (κ2) is 6.37. The van der Waals surface area contributed by atoms with Crippen molar-refractivity contribution in [1.29, 1.82) is 0 Å². The Labute approximate surface area is 163 Å². The first kappa shape index (κ1) is 17.0. The fourth-order valence-electron chi connectivity index (χ4n) is 2.62. The van der Waals surface area contributed by atoms with Gasteiger partial charge in [-0.2, -0.15) is 9.78 Å². The van der Waals surface area contributed by atoms with Crippen LogP contribution in [0.15, 0.2) is 50.4 Å². The van der Waals surface area contributed by atoms with E-state index in [-0.39, 0.29) is 5.41 Å². The van der Waals surface area contributed by atoms with Gasteiger partial charge < -0.3 is 0 Å². The van der Waals surface area contributed by atoms with Crippen molar-refractivity contribution in [2.24, 2.45) is 5.10 Å². The third kappa shape index (κ3) is 3.32. The Hall–Kier alpha value is -1.44. The van der Waals surface area contributed by atoms with Gasteiger partial charge in [-0.05, 0) is 39.0 Å². The van der Waals surface area contributed by atoms with Crippen LogP contribution >= 0.6 is 39.0 Å². The van der Waals surface area contributed by atoms with E-state index in [1.165, 1.54) is 10.4 Å². The number of hydrogen-bond acceptors (Lipinski definition) is 5. The number of hydrogen-bond donors (Lipinski definition) is 0. The minimum Gasteiger partial charge on any atom is -0.186 e. The maximum Gasteiger partial charge on any atom is 0.212 e. The molecule has 4 rings (SSSR count). The van der Waals surface area contributed by atoms with Crippen LogP contribution in [0.1, 0.15) is 31.2 Å². The highest BCUT2D eigenvalue weighted by Crippen LogP contribution is 2.32. The highest BCUT2D eigenvalue weighted by Gasteiger charge is 2.22. The predicted molar refractivity (Wildman–Crippen MR) is 109 cm³/mol. The molecule has 0 atom stereocenters. The fraction of sp³-hybridized carbons (Fsp3) is 0.278. The first-order valence-electron chi connectivity index (χ1n) is 7.94. The van der Waals surface area contributed by atoms with Crippen molar-refractivity contribution in [2.45, 2.75) is 31.3 Å². The lowest BCUT2D eigenvalue weighted by Crippen LogP contribution is -2.13. The van der Waals surface area contributed by atoms with Gasteiger partial charge in [0, 0.05) is 11.3 Å². The summed E-state index contributed by atoms with van der Waals surface area (Å²) in [4.78, 5) is 1.17. The van der Waals surface area contributed by atoms with E-state index in [1.54, 1.807) is 23.1 Å². The van der Waals surface area contributed by atoms with Crippen molar-refractivity contribution in [3.8, 4) is 11.4 Å². The largest absolute Gasteiger partial charge is 0.212 e. The number of benzene rings is 1. The Bertz CT molecular complexity index is 948. The first-order chi connectivity index (χ1) is 11.9. The average molecular weight is 433 g/mol. The fourth-order valence-corrected chi connectivity index (χ4v) is 4.90. The Balaban J connectivity index is 1.73. The van der Waals surface area contributed by atoms with Gasteiger partial charge in [0.1, 0.15) is 0 Å². The second-order valence-electron chi connectivity index (χ2n) is 6.88. The lowest BCUT2D eigenvalue weighted by atomic mass is 9.87. The van der Waals surface area contributed by atoms with E-state index in [0.29, 0.717) is 0 Å². The van der Waals surface area contributed by atoms with E-state index in [4.69, 9.17) is 5.10 Å². The van der Waals surface area contributed by atoms with Crippen LogP contribution in [0.25, 0.3) is 11.4 Å². The third-order valence-electron chi connectivity index (χ3n) is 4.04. The third-order valence-corrected chi connectivity index (χ3v) is 6.64. The van der Waals surface area contributed by atoms with Crippen LogP contribution in [-0.2, 0) is 5.41 Å². The minimum absolute atomic E-state index is 0.135. The molecular formula is C18H17BrN4S2. The Kier molecular flexibility index (Phi) is 4.33. The Morgan fingerprint density at radius 1 is 1.04 bits per heavy atom. The van der Waals surface area contributed by atoms with Crippen molar-refractivity contribution >= 4 is 44.7 Å². The van der Waals surface area contributed by atoms with Crippen LogP contribution in [0.5, 0.6) is 0 Å². The molecule has 0 radical (unpaired) electrons. The quantitative estimate of drug-likeness (QED) is 0.542. The maximum atomic E-state index is 4.81. The zero-order valence-electron chi connectivity index (χ0n) is 14.2. The molecule has 1 aliphatic heterocycles. The number of halogens is 1. The van der Waals surface area contributed by atoms with Gasteiger partial charge in [-0.3, -0.25) is 0 Å². The SMILES string of the molecule is CC(C)(C)c1ccc(-c2nnc3n2N=C(c2ccc(Br)s2)CS3)cc1. The normalized spacial score (nSPS) is 14.3. The van der Waals surface area contributed by atoms with Gasteiger partial charge in [-0.25, -0.2) is 0 Å². The maximum absolute atomic E-state index is 4.81. The van der Waals surface area contributed by atoms with Gasteiger partial charge in [-0.1, -0.05) is 56.8 Å². The molecule has 0 N–H and O–H groups in total. The molecule has 0 saturated heterocycles. The molecule has 1 aliphatic rings. The topological polar surface area (TPSA) is 43.1 Å². The Morgan fingerprint density at radius 3 is 2.44 bits per heavy atom. The standard InChI is InChI=1S/C18H17BrN4S2/c1-18(2,3)12-6-4-11(5-7-12)16-20-21-17-23(16)22-13(10-24-17)14-8-9-15(19)25-14/h4-9H,10H2,1-3H3. The number of aromatic nitrogens is 3. The van der Waals surface area contributed by atoms with Gasteiger partial charge >= 0.3 is 0 Å². The van der Waals surface area contributed by atoms with E-state index in [2.05, 4.69) is 83.3 Å². The van der Waals surface area contributed by atoms with Crippen LogP contribution in [0.3, 0.4) is 0 Å². The van der Waals surface area contributed by atoms with Gasteiger partial charge in [0.2, 0.25) is 5.16 Å². The monoisotopic (exact) mass is 432 g/mol. The second-order valence-corrected chi connectivity index (χ2v) is 10.3. The summed E-state index contributed by atoms with van der Waals surface area (Å²) in [6, 6.07) is 12.7. The summed E-state index contributed by atoms with van der Waals surface area (Å²) >= 11 is 6.89. The number of nitrogens with zero attached hydrogens (tertiary/aromatic N) is 4. The molecule has 4 nitrogen and oxygen atoms in total. The van der Waals surface area contributed by atoms with E-state index >= 15 is 0 Å². The summed E-state index contributed by atoms with van der Waals surface area (Å²) in [6.45, 7) is 6.65. The number of thiophene rings is 1. The molecular weight excluding hydrogens is 416 g/mol. The number of thioether (sulfide) groups is 1. The van der Waals surface area contributed by atoms with Gasteiger partial charge in [0.15, 0.2) is 5.82 Å². The van der Waals surface area contributed by atoms with Crippen molar-refractivity contribution in [3.05, 3.63) is 50.6 Å². The Morgan fingerprint density at radius 2 is 1.80 bits per heavy atom. The van der Waals surface area contributed by atoms with E-state index < -0.39 is 0 Å². The molecule has 0 bridgehead atoms. The van der Waals surface area contributed by atoms with Crippen molar-refractivity contribution in [3.63, 3.8) is 0 Å². The van der Waals surface area contributed by atoms with E-state index in [0.717, 1.165) is 31.8 Å². The highest BCUT2D eigenvalue weighted by molar-refractivity contribution is 9.11. The smallest absolute Gasteiger partial charge is 0.186 e. The van der Waals surface area contributed by atoms with E-state index in [9.17, 15) is 0 Å². The molecule has 2 aromatic heterocycles. The summed E-state index contributed by atoms with van der Waals surface area (Å²) in [5.74, 6) is 1.60. The van der Waals surface area contributed by atoms with E-state index in [1.807, 2.05) is 4.68 Å². The molecule has 0 fully saturated rings. The van der Waals surface area contributed by atoms with Crippen molar-refractivity contribution in [1.82, 2.24) is 14.9 Å². The lowest BCUT2D eigenvalue weighted by Gasteiger charge is -2.19. The molecule has 0 spiro atoms. The van der Waals surface area contributed by atoms with Crippen LogP contribution < -0.4 is 0 Å². The summed E-state index contributed by atoms with van der Waals surface area (Å²) in [5, 5.41) is 14.3. The zero-order valence-corrected chi connectivity index (χ0v) is 17.4. The average Bonchev–Trinajstić information content (AvgIpc) is 3.19. The van der Waals surface area contributed by atoms with Crippen LogP contribution in [-0.4, -0.2) is 26.3 Å². The molecule has 1 aromatic carbocycles. The minimum atomic E-state index is 0.135. The molecule has 7 heteroatoms. The van der Waals surface area contributed by atoms with Crippen molar-refractivity contribution < 1.29 is 0 Å². The predicted octanol–water partition coefficient (Wildman–Crippen LogP) is 5.42. The molecule has 128 valence electrons. The van der Waals surface area contributed by atoms with Crippen molar-refractivity contribution in [2.75, 3.05) is 5.75 Å². The molecule has 25 heavy (non-hydrogen) atoms. The van der Waals surface area contributed by atoms with Gasteiger partial charge in [0.25, 0.3) is 0 Å². The summed E-state index contributed by atoms with van der Waals surface area (Å²) in [5.41, 5.74) is 3.53. The summed E-state index contributed by atoms with van der Waals surface area (Å²) < 4.78 is 2.98. The molecule has 0 aliphatic carbocycles.